The lowest BCUT2D eigenvalue weighted by molar-refractivity contribution is -0.167. The van der Waals surface area contributed by atoms with Crippen molar-refractivity contribution in [2.24, 2.45) is 0 Å². The lowest BCUT2D eigenvalue weighted by atomic mass is 10.0. The molecule has 1 atom stereocenters. The summed E-state index contributed by atoms with van der Waals surface area (Å²) in [4.78, 5) is 38.4. The molecule has 0 aromatic carbocycles. The summed E-state index contributed by atoms with van der Waals surface area (Å²) in [5.74, 6) is -0.871. The summed E-state index contributed by atoms with van der Waals surface area (Å²) < 4.78 is 17.0. The molecule has 0 aromatic rings. The van der Waals surface area contributed by atoms with Crippen LogP contribution in [0.1, 0.15) is 374 Å². The van der Waals surface area contributed by atoms with Crippen LogP contribution in [0, 0.1) is 0 Å². The normalized spacial score (nSPS) is 12.4. The average Bonchev–Trinajstić information content (AvgIpc) is 3.46. The summed E-state index contributed by atoms with van der Waals surface area (Å²) >= 11 is 0. The molecule has 0 radical (unpaired) electrons. The van der Waals surface area contributed by atoms with Crippen LogP contribution in [-0.4, -0.2) is 37.2 Å². The Balaban J connectivity index is 4.25. The van der Waals surface area contributed by atoms with E-state index >= 15 is 0 Å². The smallest absolute Gasteiger partial charge is 0.306 e. The molecular weight excluding hydrogens is 985 g/mol. The molecule has 0 aromatic heterocycles. The number of rotatable bonds is 65. The third-order valence-corrected chi connectivity index (χ3v) is 15.8. The Morgan fingerprint density at radius 1 is 0.263 bits per heavy atom. The monoisotopic (exact) mass is 1120 g/mol. The van der Waals surface area contributed by atoms with Crippen LogP contribution < -0.4 is 0 Å². The summed E-state index contributed by atoms with van der Waals surface area (Å²) in [5, 5.41) is 0. The largest absolute Gasteiger partial charge is 0.462 e. The molecule has 6 heteroatoms. The van der Waals surface area contributed by atoms with E-state index in [1.807, 2.05) is 0 Å². The fraction of sp³-hybridized carbons (Fsp3) is 0.824. The molecule has 0 aliphatic carbocycles. The van der Waals surface area contributed by atoms with E-state index in [2.05, 4.69) is 81.5 Å². The van der Waals surface area contributed by atoms with Crippen molar-refractivity contribution in [3.05, 3.63) is 60.8 Å². The van der Waals surface area contributed by atoms with Gasteiger partial charge >= 0.3 is 17.9 Å². The molecule has 0 spiro atoms. The molecule has 0 saturated carbocycles. The lowest BCUT2D eigenvalue weighted by Crippen LogP contribution is -2.30. The first-order valence-corrected chi connectivity index (χ1v) is 35.3. The van der Waals surface area contributed by atoms with Crippen molar-refractivity contribution in [2.45, 2.75) is 380 Å². The minimum absolute atomic E-state index is 0.0764. The van der Waals surface area contributed by atoms with E-state index in [4.69, 9.17) is 14.2 Å². The first-order chi connectivity index (χ1) is 39.5. The van der Waals surface area contributed by atoms with Crippen molar-refractivity contribution in [2.75, 3.05) is 13.2 Å². The Hall–Kier alpha value is -2.89. The van der Waals surface area contributed by atoms with E-state index in [1.165, 1.54) is 238 Å². The molecule has 0 bridgehead atoms. The van der Waals surface area contributed by atoms with E-state index < -0.39 is 6.10 Å². The van der Waals surface area contributed by atoms with Crippen molar-refractivity contribution < 1.29 is 28.6 Å². The highest BCUT2D eigenvalue weighted by Gasteiger charge is 2.19. The summed E-state index contributed by atoms with van der Waals surface area (Å²) in [6.45, 7) is 6.57. The molecular formula is C74H134O6. The number of hydrogen-bond donors (Lipinski definition) is 0. The van der Waals surface area contributed by atoms with Crippen LogP contribution in [0.3, 0.4) is 0 Å². The van der Waals surface area contributed by atoms with Gasteiger partial charge in [0, 0.05) is 19.3 Å². The van der Waals surface area contributed by atoms with Crippen LogP contribution in [0.25, 0.3) is 0 Å². The Kier molecular flexibility index (Phi) is 66.1. The maximum absolute atomic E-state index is 12.9. The number of allylic oxidation sites excluding steroid dienone is 10. The predicted octanol–water partition coefficient (Wildman–Crippen LogP) is 24.3. The average molecular weight is 1120 g/mol. The fourth-order valence-corrected chi connectivity index (χ4v) is 10.5. The second-order valence-corrected chi connectivity index (χ2v) is 23.8. The molecule has 0 saturated heterocycles. The molecule has 0 aliphatic rings. The van der Waals surface area contributed by atoms with Crippen LogP contribution in [0.5, 0.6) is 0 Å². The summed E-state index contributed by atoms with van der Waals surface area (Å²) in [6.07, 6.45) is 88.2. The maximum atomic E-state index is 12.9. The number of ether oxygens (including phenoxy) is 3. The first-order valence-electron chi connectivity index (χ1n) is 35.3. The second-order valence-electron chi connectivity index (χ2n) is 23.8. The van der Waals surface area contributed by atoms with Gasteiger partial charge in [-0.3, -0.25) is 14.4 Å². The van der Waals surface area contributed by atoms with Gasteiger partial charge in [0.1, 0.15) is 13.2 Å². The highest BCUT2D eigenvalue weighted by molar-refractivity contribution is 5.71. The van der Waals surface area contributed by atoms with Gasteiger partial charge < -0.3 is 14.2 Å². The Morgan fingerprint density at radius 3 is 0.775 bits per heavy atom. The summed E-state index contributed by atoms with van der Waals surface area (Å²) in [6, 6.07) is 0. The molecule has 0 fully saturated rings. The van der Waals surface area contributed by atoms with Gasteiger partial charge in [0.2, 0.25) is 0 Å². The van der Waals surface area contributed by atoms with Crippen molar-refractivity contribution in [3.8, 4) is 0 Å². The molecule has 0 N–H and O–H groups in total. The van der Waals surface area contributed by atoms with Gasteiger partial charge in [-0.25, -0.2) is 0 Å². The number of unbranched alkanes of at least 4 members (excludes halogenated alkanes) is 44. The maximum Gasteiger partial charge on any atom is 0.306 e. The summed E-state index contributed by atoms with van der Waals surface area (Å²) in [5.41, 5.74) is 0. The highest BCUT2D eigenvalue weighted by Crippen LogP contribution is 2.18. The van der Waals surface area contributed by atoms with E-state index in [1.54, 1.807) is 0 Å². The van der Waals surface area contributed by atoms with E-state index in [-0.39, 0.29) is 31.1 Å². The van der Waals surface area contributed by atoms with Crippen molar-refractivity contribution in [1.82, 2.24) is 0 Å². The summed E-state index contributed by atoms with van der Waals surface area (Å²) in [7, 11) is 0. The zero-order chi connectivity index (χ0) is 57.8. The standard InChI is InChI=1S/C74H134O6/c1-4-7-10-13-16-19-22-25-28-30-32-34-35-36-37-38-39-41-42-44-46-49-52-55-58-61-64-67-73(76)79-70-71(69-78-72(75)66-63-60-57-54-51-48-27-24-21-18-15-12-9-6-3)80-74(77)68-65-62-59-56-53-50-47-45-43-40-33-31-29-26-23-20-17-14-11-8-5-2/h8,11,17,20,24,26-27,29,33,40,71H,4-7,9-10,12-16,18-19,21-23,25,28,30-32,34-39,41-70H2,1-3H3/b11-8-,20-17-,27-24-,29-26-,40-33-. The lowest BCUT2D eigenvalue weighted by Gasteiger charge is -2.18. The molecule has 0 aliphatic heterocycles. The Morgan fingerprint density at radius 2 is 0.487 bits per heavy atom. The predicted molar refractivity (Wildman–Crippen MR) is 348 cm³/mol. The third kappa shape index (κ3) is 65.9. The van der Waals surface area contributed by atoms with Crippen LogP contribution in [0.15, 0.2) is 60.8 Å². The zero-order valence-corrected chi connectivity index (χ0v) is 53.6. The minimum Gasteiger partial charge on any atom is -0.462 e. The SMILES string of the molecule is CC/C=C\C/C=C\C/C=C\C/C=C\CCCCCCCCCCC(=O)OC(COC(=O)CCCCCCC/C=C\CCCCCCC)COC(=O)CCCCCCCCCCCCCCCCCCCCCCCCCCCCC. The van der Waals surface area contributed by atoms with Crippen LogP contribution in [0.4, 0.5) is 0 Å². The second kappa shape index (κ2) is 68.6. The molecule has 466 valence electrons. The van der Waals surface area contributed by atoms with Gasteiger partial charge in [-0.15, -0.1) is 0 Å². The number of carbonyl (C=O) groups is 3. The van der Waals surface area contributed by atoms with Crippen LogP contribution >= 0.6 is 0 Å². The fourth-order valence-electron chi connectivity index (χ4n) is 10.5. The molecule has 1 unspecified atom stereocenters. The highest BCUT2D eigenvalue weighted by atomic mass is 16.6. The van der Waals surface area contributed by atoms with Gasteiger partial charge in [-0.2, -0.15) is 0 Å². The molecule has 80 heavy (non-hydrogen) atoms. The van der Waals surface area contributed by atoms with Gasteiger partial charge in [0.15, 0.2) is 6.10 Å². The van der Waals surface area contributed by atoms with Gasteiger partial charge in [0.25, 0.3) is 0 Å². The van der Waals surface area contributed by atoms with Crippen molar-refractivity contribution in [3.63, 3.8) is 0 Å². The van der Waals surface area contributed by atoms with Crippen LogP contribution in [-0.2, 0) is 28.6 Å². The Bertz CT molecular complexity index is 1430. The van der Waals surface area contributed by atoms with Crippen molar-refractivity contribution >= 4 is 17.9 Å². The van der Waals surface area contributed by atoms with E-state index in [0.29, 0.717) is 19.3 Å². The minimum atomic E-state index is -0.782. The van der Waals surface area contributed by atoms with Crippen molar-refractivity contribution in [1.29, 1.82) is 0 Å². The third-order valence-electron chi connectivity index (χ3n) is 15.8. The quantitative estimate of drug-likeness (QED) is 0.0261. The van der Waals surface area contributed by atoms with E-state index in [9.17, 15) is 14.4 Å². The van der Waals surface area contributed by atoms with E-state index in [0.717, 1.165) is 96.3 Å². The van der Waals surface area contributed by atoms with Gasteiger partial charge in [-0.1, -0.05) is 332 Å². The molecule has 6 nitrogen and oxygen atoms in total. The molecule has 0 rings (SSSR count). The topological polar surface area (TPSA) is 78.9 Å². The number of esters is 3. The zero-order valence-electron chi connectivity index (χ0n) is 53.6. The first kappa shape index (κ1) is 77.1. The Labute approximate surface area is 498 Å². The number of hydrogen-bond acceptors (Lipinski definition) is 6. The van der Waals surface area contributed by atoms with Gasteiger partial charge in [-0.05, 0) is 83.5 Å². The molecule has 0 amide bonds. The van der Waals surface area contributed by atoms with Gasteiger partial charge in [0.05, 0.1) is 0 Å². The number of carbonyl (C=O) groups excluding carboxylic acids is 3. The van der Waals surface area contributed by atoms with Crippen LogP contribution in [0.2, 0.25) is 0 Å². The molecule has 0 heterocycles.